The summed E-state index contributed by atoms with van der Waals surface area (Å²) in [4.78, 5) is 5.26. The third-order valence-corrected chi connectivity index (χ3v) is 4.40. The molecule has 0 spiro atoms. The number of sulfone groups is 1. The lowest BCUT2D eigenvalue weighted by Gasteiger charge is -2.09. The second kappa shape index (κ2) is 4.25. The van der Waals surface area contributed by atoms with Crippen LogP contribution in [0.25, 0.3) is 0 Å². The van der Waals surface area contributed by atoms with Gasteiger partial charge in [-0.25, -0.2) is 8.42 Å². The molecule has 1 heterocycles. The number of nitrogens with zero attached hydrogens (tertiary/aromatic N) is 1. The molecule has 1 aliphatic rings. The topological polar surface area (TPSA) is 55.7 Å². The maximum Gasteiger partial charge on any atom is 0.236 e. The van der Waals surface area contributed by atoms with Gasteiger partial charge in [-0.15, -0.1) is 0 Å². The summed E-state index contributed by atoms with van der Waals surface area (Å²) in [6.07, 6.45) is 1.09. The fraction of sp³-hybridized carbons (Fsp3) is 0.364. The van der Waals surface area contributed by atoms with E-state index in [1.807, 2.05) is 6.92 Å². The van der Waals surface area contributed by atoms with Crippen LogP contribution in [0.15, 0.2) is 40.4 Å². The van der Waals surface area contributed by atoms with Gasteiger partial charge in [-0.05, 0) is 18.6 Å². The lowest BCUT2D eigenvalue weighted by atomic mass is 10.2. The van der Waals surface area contributed by atoms with Crippen LogP contribution >= 0.6 is 0 Å². The van der Waals surface area contributed by atoms with E-state index in [1.54, 1.807) is 30.3 Å². The molecule has 1 aliphatic heterocycles. The average molecular weight is 239 g/mol. The Morgan fingerprint density at radius 2 is 2.06 bits per heavy atom. The molecule has 1 atom stereocenters. The highest BCUT2D eigenvalue weighted by Gasteiger charge is 2.34. The van der Waals surface area contributed by atoms with Crippen LogP contribution in [-0.4, -0.2) is 19.6 Å². The molecule has 86 valence electrons. The van der Waals surface area contributed by atoms with E-state index >= 15 is 0 Å². The van der Waals surface area contributed by atoms with Crippen molar-refractivity contribution in [1.82, 2.24) is 0 Å². The van der Waals surface area contributed by atoms with Gasteiger partial charge in [-0.3, -0.25) is 0 Å². The minimum absolute atomic E-state index is 0.285. The molecule has 4 nitrogen and oxygen atoms in total. The predicted molar refractivity (Wildman–Crippen MR) is 60.8 cm³/mol. The molecule has 16 heavy (non-hydrogen) atoms. The third kappa shape index (κ3) is 1.95. The quantitative estimate of drug-likeness (QED) is 0.810. The molecule has 0 N–H and O–H groups in total. The normalized spacial score (nSPS) is 20.3. The van der Waals surface area contributed by atoms with Gasteiger partial charge in [0.05, 0.1) is 10.6 Å². The summed E-state index contributed by atoms with van der Waals surface area (Å²) in [6, 6.07) is 8.32. The zero-order chi connectivity index (χ0) is 11.6. The molecule has 0 amide bonds. The van der Waals surface area contributed by atoms with E-state index in [0.29, 0.717) is 6.42 Å². The molecule has 1 aromatic carbocycles. The van der Waals surface area contributed by atoms with Gasteiger partial charge in [0.1, 0.15) is 0 Å². The van der Waals surface area contributed by atoms with E-state index in [9.17, 15) is 8.42 Å². The Hall–Kier alpha value is -1.36. The molecule has 0 bridgehead atoms. The summed E-state index contributed by atoms with van der Waals surface area (Å²) in [5.41, 5.74) is -0.0608. The van der Waals surface area contributed by atoms with Gasteiger partial charge < -0.3 is 4.84 Å². The first-order valence-corrected chi connectivity index (χ1v) is 6.69. The molecular formula is C11H13NO3S. The molecular weight excluding hydrogens is 226 g/mol. The van der Waals surface area contributed by atoms with Crippen LogP contribution in [0.5, 0.6) is 0 Å². The highest BCUT2D eigenvalue weighted by Crippen LogP contribution is 2.24. The second-order valence-corrected chi connectivity index (χ2v) is 5.70. The van der Waals surface area contributed by atoms with Crippen LogP contribution in [-0.2, 0) is 14.7 Å². The number of hydrogen-bond acceptors (Lipinski definition) is 4. The summed E-state index contributed by atoms with van der Waals surface area (Å²) < 4.78 is 24.2. The Balaban J connectivity index is 2.23. The fourth-order valence-corrected chi connectivity index (χ4v) is 2.95. The first-order valence-electron chi connectivity index (χ1n) is 5.15. The summed E-state index contributed by atoms with van der Waals surface area (Å²) >= 11 is 0. The Bertz CT molecular complexity index is 493. The first-order chi connectivity index (χ1) is 7.64. The molecule has 2 rings (SSSR count). The van der Waals surface area contributed by atoms with Crippen molar-refractivity contribution >= 4 is 15.5 Å². The van der Waals surface area contributed by atoms with Crippen molar-refractivity contribution in [1.29, 1.82) is 0 Å². The second-order valence-electron chi connectivity index (χ2n) is 3.61. The van der Waals surface area contributed by atoms with Crippen molar-refractivity contribution in [3.05, 3.63) is 30.3 Å². The van der Waals surface area contributed by atoms with Crippen molar-refractivity contribution in [2.45, 2.75) is 30.1 Å². The number of rotatable bonds is 3. The van der Waals surface area contributed by atoms with E-state index in [2.05, 4.69) is 5.16 Å². The molecule has 0 fully saturated rings. The monoisotopic (exact) mass is 239 g/mol. The summed E-state index contributed by atoms with van der Waals surface area (Å²) in [5.74, 6) is 0. The first kappa shape index (κ1) is 11.1. The molecule has 0 radical (unpaired) electrons. The largest absolute Gasteiger partial charge is 0.375 e. The van der Waals surface area contributed by atoms with E-state index in [-0.39, 0.29) is 4.90 Å². The molecule has 1 unspecified atom stereocenters. The summed E-state index contributed by atoms with van der Waals surface area (Å²) in [5, 5.41) is 3.76. The van der Waals surface area contributed by atoms with Gasteiger partial charge in [0, 0.05) is 6.42 Å². The van der Waals surface area contributed by atoms with E-state index in [4.69, 9.17) is 4.84 Å². The van der Waals surface area contributed by atoms with Gasteiger partial charge in [0.15, 0.2) is 0 Å². The van der Waals surface area contributed by atoms with Crippen molar-refractivity contribution < 1.29 is 13.3 Å². The Morgan fingerprint density at radius 3 is 2.62 bits per heavy atom. The van der Waals surface area contributed by atoms with E-state index in [1.165, 1.54) is 0 Å². The van der Waals surface area contributed by atoms with Crippen LogP contribution in [0.4, 0.5) is 0 Å². The van der Waals surface area contributed by atoms with Crippen molar-refractivity contribution in [3.8, 4) is 0 Å². The molecule has 0 aliphatic carbocycles. The van der Waals surface area contributed by atoms with Crippen LogP contribution < -0.4 is 0 Å². The van der Waals surface area contributed by atoms with Crippen molar-refractivity contribution in [2.75, 3.05) is 0 Å². The van der Waals surface area contributed by atoms with Gasteiger partial charge in [0.25, 0.3) is 0 Å². The van der Waals surface area contributed by atoms with Gasteiger partial charge in [-0.1, -0.05) is 30.3 Å². The highest BCUT2D eigenvalue weighted by molar-refractivity contribution is 7.92. The maximum absolute atomic E-state index is 12.1. The molecule has 0 aromatic heterocycles. The van der Waals surface area contributed by atoms with Crippen molar-refractivity contribution in [2.24, 2.45) is 5.16 Å². The molecule has 0 saturated heterocycles. The van der Waals surface area contributed by atoms with Gasteiger partial charge >= 0.3 is 0 Å². The minimum Gasteiger partial charge on any atom is -0.375 e. The lowest BCUT2D eigenvalue weighted by Crippen LogP contribution is -2.21. The predicted octanol–water partition coefficient (Wildman–Crippen LogP) is 1.97. The summed E-state index contributed by atoms with van der Waals surface area (Å²) in [7, 11) is -3.42. The Morgan fingerprint density at radius 1 is 1.38 bits per heavy atom. The Kier molecular flexibility index (Phi) is 2.96. The zero-order valence-electron chi connectivity index (χ0n) is 8.96. The molecule has 0 saturated carbocycles. The van der Waals surface area contributed by atoms with Crippen LogP contribution in [0.3, 0.4) is 0 Å². The average Bonchev–Trinajstić information content (AvgIpc) is 2.79. The number of hydrogen-bond donors (Lipinski definition) is 0. The van der Waals surface area contributed by atoms with Gasteiger partial charge in [-0.2, -0.15) is 0 Å². The number of oxime groups is 1. The minimum atomic E-state index is -3.42. The van der Waals surface area contributed by atoms with Crippen LogP contribution in [0, 0.1) is 0 Å². The number of benzene rings is 1. The SMILES string of the molecule is CCC1=NOC(S(=O)(=O)c2ccccc2)C1. The van der Waals surface area contributed by atoms with E-state index in [0.717, 1.165) is 12.1 Å². The Labute approximate surface area is 94.8 Å². The fourth-order valence-electron chi connectivity index (χ4n) is 1.54. The maximum atomic E-state index is 12.1. The smallest absolute Gasteiger partial charge is 0.236 e. The highest BCUT2D eigenvalue weighted by atomic mass is 32.2. The van der Waals surface area contributed by atoms with Gasteiger partial charge in [0.2, 0.25) is 15.3 Å². The van der Waals surface area contributed by atoms with E-state index < -0.39 is 15.3 Å². The standard InChI is InChI=1S/C11H13NO3S/c1-2-9-8-11(15-12-9)16(13,14)10-6-4-3-5-7-10/h3-7,11H,2,8H2,1H3. The molecule has 1 aromatic rings. The van der Waals surface area contributed by atoms with Crippen molar-refractivity contribution in [3.63, 3.8) is 0 Å². The van der Waals surface area contributed by atoms with Crippen LogP contribution in [0.2, 0.25) is 0 Å². The lowest BCUT2D eigenvalue weighted by molar-refractivity contribution is 0.140. The summed E-state index contributed by atoms with van der Waals surface area (Å²) in [6.45, 7) is 1.93. The van der Waals surface area contributed by atoms with Crippen LogP contribution in [0.1, 0.15) is 19.8 Å². The third-order valence-electron chi connectivity index (χ3n) is 2.53. The zero-order valence-corrected chi connectivity index (χ0v) is 9.78. The molecule has 5 heteroatoms.